The second kappa shape index (κ2) is 5.32. The quantitative estimate of drug-likeness (QED) is 0.492. The van der Waals surface area contributed by atoms with E-state index in [1.54, 1.807) is 66.7 Å². The minimum atomic E-state index is -0.733. The number of anilines is 2. The lowest BCUT2D eigenvalue weighted by Crippen LogP contribution is -2.29. The first-order valence-electron chi connectivity index (χ1n) is 8.39. The van der Waals surface area contributed by atoms with Crippen LogP contribution in [0.15, 0.2) is 66.7 Å². The Morgan fingerprint density at radius 3 is 1.78 bits per heavy atom. The topological polar surface area (TPSA) is 71.5 Å². The maximum Gasteiger partial charge on any atom is 0.304 e. The van der Waals surface area contributed by atoms with Crippen molar-refractivity contribution in [1.82, 2.24) is 0 Å². The lowest BCUT2D eigenvalue weighted by Gasteiger charge is -2.24. The van der Waals surface area contributed by atoms with Gasteiger partial charge in [0.15, 0.2) is 11.6 Å². The summed E-state index contributed by atoms with van der Waals surface area (Å²) in [5.41, 5.74) is 1.99. The van der Waals surface area contributed by atoms with E-state index in [1.807, 2.05) is 0 Å². The number of nitrogens with zero attached hydrogens (tertiary/aromatic N) is 1. The number of Topliss-reactive ketones (excluding diaryl/α,β-unsaturated/α-hetero) is 1. The molecule has 0 radical (unpaired) electrons. The van der Waals surface area contributed by atoms with E-state index >= 15 is 0 Å². The van der Waals surface area contributed by atoms with E-state index in [1.165, 1.54) is 4.90 Å². The van der Waals surface area contributed by atoms with Crippen LogP contribution in [0.4, 0.5) is 11.4 Å². The van der Waals surface area contributed by atoms with Crippen molar-refractivity contribution in [2.45, 2.75) is 0 Å². The van der Waals surface area contributed by atoms with Gasteiger partial charge in [0, 0.05) is 16.7 Å². The number of ketones is 3. The molecule has 27 heavy (non-hydrogen) atoms. The number of carbonyl (C=O) groups is 4. The van der Waals surface area contributed by atoms with Crippen molar-refractivity contribution >= 4 is 34.6 Å². The standard InChI is InChI=1S/C22H11NO4/c24-19-12-6-1-2-7-13(12)20(25)18-15(19)9-5-11-17(18)23-16-10-4-3-8-14(16)21(26)22(23)27/h1-11H. The maximum absolute atomic E-state index is 13.2. The molecule has 0 unspecified atom stereocenters. The Hall–Kier alpha value is -3.86. The molecule has 0 fully saturated rings. The fourth-order valence-electron chi connectivity index (χ4n) is 3.74. The number of hydrogen-bond acceptors (Lipinski definition) is 4. The zero-order chi connectivity index (χ0) is 18.7. The Morgan fingerprint density at radius 2 is 1.04 bits per heavy atom. The van der Waals surface area contributed by atoms with Gasteiger partial charge in [-0.3, -0.25) is 24.1 Å². The molecule has 0 spiro atoms. The van der Waals surface area contributed by atoms with E-state index < -0.39 is 11.7 Å². The number of amides is 1. The minimum absolute atomic E-state index is 0.152. The molecule has 0 atom stereocenters. The van der Waals surface area contributed by atoms with Crippen LogP contribution >= 0.6 is 0 Å². The van der Waals surface area contributed by atoms with E-state index in [9.17, 15) is 19.2 Å². The predicted molar refractivity (Wildman–Crippen MR) is 97.7 cm³/mol. The molecule has 3 aromatic carbocycles. The first-order valence-corrected chi connectivity index (χ1v) is 8.39. The van der Waals surface area contributed by atoms with Gasteiger partial charge in [0.2, 0.25) is 0 Å². The number of para-hydroxylation sites is 1. The third-order valence-corrected chi connectivity index (χ3v) is 4.96. The Labute approximate surface area is 153 Å². The summed E-state index contributed by atoms with van der Waals surface area (Å²) in [5, 5.41) is 0. The molecule has 1 aliphatic heterocycles. The summed E-state index contributed by atoms with van der Waals surface area (Å²) in [6.07, 6.45) is 0. The minimum Gasteiger partial charge on any atom is -0.289 e. The molecule has 0 saturated heterocycles. The highest BCUT2D eigenvalue weighted by Gasteiger charge is 2.40. The van der Waals surface area contributed by atoms with Crippen molar-refractivity contribution < 1.29 is 19.2 Å². The number of carbonyl (C=O) groups excluding carboxylic acids is 4. The van der Waals surface area contributed by atoms with Crippen LogP contribution in [0.3, 0.4) is 0 Å². The van der Waals surface area contributed by atoms with Gasteiger partial charge in [-0.2, -0.15) is 0 Å². The van der Waals surface area contributed by atoms with Crippen molar-refractivity contribution in [3.63, 3.8) is 0 Å². The summed E-state index contributed by atoms with van der Waals surface area (Å²) in [7, 11) is 0. The fraction of sp³-hybridized carbons (Fsp3) is 0. The average Bonchev–Trinajstić information content (AvgIpc) is 2.96. The molecule has 128 valence electrons. The Balaban J connectivity index is 1.78. The third kappa shape index (κ3) is 1.93. The summed E-state index contributed by atoms with van der Waals surface area (Å²) in [5.74, 6) is -1.96. The van der Waals surface area contributed by atoms with Crippen molar-refractivity contribution in [2.75, 3.05) is 4.90 Å². The first-order chi connectivity index (χ1) is 13.1. The Kier molecular flexibility index (Phi) is 3.03. The number of hydrogen-bond donors (Lipinski definition) is 0. The summed E-state index contributed by atoms with van der Waals surface area (Å²) in [4.78, 5) is 52.3. The van der Waals surface area contributed by atoms with Crippen LogP contribution in [0.2, 0.25) is 0 Å². The number of fused-ring (bicyclic) bond motifs is 3. The zero-order valence-corrected chi connectivity index (χ0v) is 13.9. The highest BCUT2D eigenvalue weighted by atomic mass is 16.2. The third-order valence-electron chi connectivity index (χ3n) is 4.96. The van der Waals surface area contributed by atoms with E-state index in [2.05, 4.69) is 0 Å². The van der Waals surface area contributed by atoms with Gasteiger partial charge in [-0.25, -0.2) is 0 Å². The van der Waals surface area contributed by atoms with Crippen molar-refractivity contribution in [2.24, 2.45) is 0 Å². The van der Waals surface area contributed by atoms with Gasteiger partial charge in [-0.15, -0.1) is 0 Å². The summed E-state index contributed by atoms with van der Waals surface area (Å²) < 4.78 is 0. The summed E-state index contributed by atoms with van der Waals surface area (Å²) >= 11 is 0. The van der Waals surface area contributed by atoms with Crippen LogP contribution in [0, 0.1) is 0 Å². The van der Waals surface area contributed by atoms with E-state index in [0.29, 0.717) is 16.8 Å². The summed E-state index contributed by atoms with van der Waals surface area (Å²) in [6.45, 7) is 0. The monoisotopic (exact) mass is 353 g/mol. The fourth-order valence-corrected chi connectivity index (χ4v) is 3.74. The van der Waals surface area contributed by atoms with Crippen LogP contribution in [0.5, 0.6) is 0 Å². The van der Waals surface area contributed by atoms with Crippen molar-refractivity contribution in [3.05, 3.63) is 94.5 Å². The van der Waals surface area contributed by atoms with Gasteiger partial charge in [-0.1, -0.05) is 48.5 Å². The molecule has 0 N–H and O–H groups in total. The van der Waals surface area contributed by atoms with E-state index in [4.69, 9.17) is 0 Å². The lowest BCUT2D eigenvalue weighted by molar-refractivity contribution is -0.113. The lowest BCUT2D eigenvalue weighted by atomic mass is 9.83. The molecule has 5 rings (SSSR count). The van der Waals surface area contributed by atoms with Gasteiger partial charge in [-0.05, 0) is 18.2 Å². The van der Waals surface area contributed by atoms with Crippen LogP contribution < -0.4 is 4.90 Å². The number of benzene rings is 3. The van der Waals surface area contributed by atoms with E-state index in [-0.39, 0.29) is 33.9 Å². The molecule has 5 nitrogen and oxygen atoms in total. The molecule has 0 bridgehead atoms. The van der Waals surface area contributed by atoms with Crippen molar-refractivity contribution in [3.8, 4) is 0 Å². The summed E-state index contributed by atoms with van der Waals surface area (Å²) in [6, 6.07) is 18.0. The van der Waals surface area contributed by atoms with Gasteiger partial charge in [0.1, 0.15) is 0 Å². The highest BCUT2D eigenvalue weighted by Crippen LogP contribution is 2.40. The van der Waals surface area contributed by atoms with Crippen LogP contribution in [-0.4, -0.2) is 23.3 Å². The first kappa shape index (κ1) is 15.4. The van der Waals surface area contributed by atoms with Gasteiger partial charge >= 0.3 is 5.91 Å². The number of rotatable bonds is 1. The molecule has 3 aromatic rings. The van der Waals surface area contributed by atoms with Crippen LogP contribution in [0.1, 0.15) is 42.2 Å². The molecule has 1 amide bonds. The van der Waals surface area contributed by atoms with Gasteiger partial charge in [0.25, 0.3) is 5.78 Å². The normalized spacial score (nSPS) is 14.9. The maximum atomic E-state index is 13.2. The molecule has 1 heterocycles. The second-order valence-electron chi connectivity index (χ2n) is 6.39. The van der Waals surface area contributed by atoms with Crippen LogP contribution in [0.25, 0.3) is 0 Å². The van der Waals surface area contributed by atoms with Gasteiger partial charge < -0.3 is 0 Å². The van der Waals surface area contributed by atoms with Crippen molar-refractivity contribution in [1.29, 1.82) is 0 Å². The Bertz CT molecular complexity index is 1210. The molecule has 0 saturated carbocycles. The molecular formula is C22H11NO4. The molecule has 5 heteroatoms. The predicted octanol–water partition coefficient (Wildman–Crippen LogP) is 3.32. The zero-order valence-electron chi connectivity index (χ0n) is 13.9. The molecular weight excluding hydrogens is 342 g/mol. The van der Waals surface area contributed by atoms with Gasteiger partial charge in [0.05, 0.1) is 22.5 Å². The smallest absolute Gasteiger partial charge is 0.289 e. The largest absolute Gasteiger partial charge is 0.304 e. The SMILES string of the molecule is O=C1C(=O)N(c2cccc3c2C(=O)c2ccccc2C3=O)c2ccccc21. The van der Waals surface area contributed by atoms with E-state index in [0.717, 1.165) is 0 Å². The molecule has 1 aliphatic carbocycles. The molecule has 2 aliphatic rings. The Morgan fingerprint density at radius 1 is 0.481 bits per heavy atom. The average molecular weight is 353 g/mol. The second-order valence-corrected chi connectivity index (χ2v) is 6.39. The molecule has 0 aromatic heterocycles. The van der Waals surface area contributed by atoms with Crippen LogP contribution in [-0.2, 0) is 4.79 Å². The highest BCUT2D eigenvalue weighted by molar-refractivity contribution is 6.54.